The van der Waals surface area contributed by atoms with Crippen LogP contribution in [0.5, 0.6) is 0 Å². The molecule has 0 saturated carbocycles. The molecule has 1 saturated heterocycles. The Balaban J connectivity index is 2.18. The van der Waals surface area contributed by atoms with Crippen molar-refractivity contribution in [3.63, 3.8) is 0 Å². The van der Waals surface area contributed by atoms with Gasteiger partial charge in [-0.3, -0.25) is 4.79 Å². The molecular formula is C19H25ClN2O4. The van der Waals surface area contributed by atoms with Gasteiger partial charge in [-0.15, -0.1) is 0 Å². The zero-order valence-corrected chi connectivity index (χ0v) is 16.4. The highest BCUT2D eigenvalue weighted by atomic mass is 35.5. The number of piperazine rings is 1. The number of halogens is 1. The lowest BCUT2D eigenvalue weighted by Gasteiger charge is -2.42. The van der Waals surface area contributed by atoms with E-state index < -0.39 is 17.6 Å². The average Bonchev–Trinajstić information content (AvgIpc) is 2.59. The molecule has 1 atom stereocenters. The number of benzene rings is 1. The van der Waals surface area contributed by atoms with Crippen molar-refractivity contribution in [3.8, 4) is 0 Å². The van der Waals surface area contributed by atoms with E-state index in [0.717, 1.165) is 0 Å². The zero-order valence-electron chi connectivity index (χ0n) is 15.6. The van der Waals surface area contributed by atoms with Crippen LogP contribution in [0.3, 0.4) is 0 Å². The van der Waals surface area contributed by atoms with Gasteiger partial charge in [-0.25, -0.2) is 4.79 Å². The molecule has 0 aliphatic carbocycles. The van der Waals surface area contributed by atoms with Crippen molar-refractivity contribution < 1.29 is 19.1 Å². The maximum absolute atomic E-state index is 12.9. The lowest BCUT2D eigenvalue weighted by atomic mass is 10.1. The van der Waals surface area contributed by atoms with Gasteiger partial charge in [0.2, 0.25) is 0 Å². The lowest BCUT2D eigenvalue weighted by molar-refractivity contribution is -0.148. The molecule has 1 fully saturated rings. The number of carbonyl (C=O) groups is 2. The molecule has 0 radical (unpaired) electrons. The fourth-order valence-corrected chi connectivity index (χ4v) is 2.89. The van der Waals surface area contributed by atoms with E-state index in [1.165, 1.54) is 12.0 Å². The second kappa shape index (κ2) is 7.99. The van der Waals surface area contributed by atoms with Gasteiger partial charge in [-0.1, -0.05) is 11.6 Å². The van der Waals surface area contributed by atoms with Crippen LogP contribution in [0.15, 0.2) is 36.7 Å². The van der Waals surface area contributed by atoms with Crippen molar-refractivity contribution in [3.05, 3.63) is 47.3 Å². The molecule has 0 bridgehead atoms. The van der Waals surface area contributed by atoms with Crippen LogP contribution in [-0.2, 0) is 14.3 Å². The van der Waals surface area contributed by atoms with Gasteiger partial charge in [-0.05, 0) is 51.6 Å². The van der Waals surface area contributed by atoms with Crippen LogP contribution in [-0.4, -0.2) is 60.1 Å². The fraction of sp³-hybridized carbons (Fsp3) is 0.474. The van der Waals surface area contributed by atoms with Gasteiger partial charge in [0.05, 0.1) is 13.7 Å². The Bertz CT molecular complexity index is 682. The summed E-state index contributed by atoms with van der Waals surface area (Å²) in [5.74, 6) is -0.232. The molecule has 0 N–H and O–H groups in total. The number of rotatable bonds is 4. The van der Waals surface area contributed by atoms with Crippen LogP contribution in [0.4, 0.5) is 0 Å². The highest BCUT2D eigenvalue weighted by Crippen LogP contribution is 2.22. The third kappa shape index (κ3) is 4.91. The van der Waals surface area contributed by atoms with Gasteiger partial charge in [0.15, 0.2) is 5.88 Å². The van der Waals surface area contributed by atoms with E-state index in [9.17, 15) is 9.59 Å². The normalized spacial score (nSPS) is 17.7. The second-order valence-corrected chi connectivity index (χ2v) is 7.54. The van der Waals surface area contributed by atoms with Crippen LogP contribution < -0.4 is 0 Å². The third-order valence-corrected chi connectivity index (χ3v) is 4.23. The highest BCUT2D eigenvalue weighted by molar-refractivity contribution is 6.30. The molecule has 1 aromatic rings. The molecule has 0 spiro atoms. The molecule has 6 nitrogen and oxygen atoms in total. The zero-order chi connectivity index (χ0) is 19.5. The summed E-state index contributed by atoms with van der Waals surface area (Å²) in [5, 5.41) is 0.548. The Labute approximate surface area is 159 Å². The predicted octanol–water partition coefficient (Wildman–Crippen LogP) is 2.93. The van der Waals surface area contributed by atoms with E-state index in [2.05, 4.69) is 6.58 Å². The highest BCUT2D eigenvalue weighted by Gasteiger charge is 2.37. The maximum Gasteiger partial charge on any atom is 0.330 e. The topological polar surface area (TPSA) is 59.1 Å². The predicted molar refractivity (Wildman–Crippen MR) is 99.8 cm³/mol. The quantitative estimate of drug-likeness (QED) is 0.593. The Morgan fingerprint density at radius 1 is 1.19 bits per heavy atom. The van der Waals surface area contributed by atoms with Crippen LogP contribution >= 0.6 is 11.6 Å². The van der Waals surface area contributed by atoms with Crippen LogP contribution in [0.2, 0.25) is 5.02 Å². The smallest absolute Gasteiger partial charge is 0.330 e. The van der Waals surface area contributed by atoms with Gasteiger partial charge in [-0.2, -0.15) is 0 Å². The lowest BCUT2D eigenvalue weighted by Crippen LogP contribution is -2.58. The molecule has 0 aromatic heterocycles. The molecule has 1 aromatic carbocycles. The van der Waals surface area contributed by atoms with Crippen molar-refractivity contribution in [1.82, 2.24) is 9.80 Å². The van der Waals surface area contributed by atoms with E-state index in [-0.39, 0.29) is 12.5 Å². The molecule has 0 unspecified atom stereocenters. The minimum atomic E-state index is -0.739. The summed E-state index contributed by atoms with van der Waals surface area (Å²) in [6.45, 7) is 10.9. The van der Waals surface area contributed by atoms with Gasteiger partial charge in [0.25, 0.3) is 5.91 Å². The minimum Gasteiger partial charge on any atom is -0.474 e. The Hall–Kier alpha value is -2.21. The Morgan fingerprint density at radius 2 is 1.81 bits per heavy atom. The van der Waals surface area contributed by atoms with E-state index in [0.29, 0.717) is 29.6 Å². The minimum absolute atomic E-state index is 0.237. The monoisotopic (exact) mass is 380 g/mol. The van der Waals surface area contributed by atoms with E-state index in [1.54, 1.807) is 24.3 Å². The fourth-order valence-electron chi connectivity index (χ4n) is 2.77. The first-order valence-corrected chi connectivity index (χ1v) is 8.77. The molecule has 1 aliphatic rings. The van der Waals surface area contributed by atoms with E-state index in [1.807, 2.05) is 25.7 Å². The molecule has 26 heavy (non-hydrogen) atoms. The number of ether oxygens (including phenoxy) is 2. The van der Waals surface area contributed by atoms with E-state index >= 15 is 0 Å². The number of hydrogen-bond acceptors (Lipinski definition) is 5. The number of esters is 1. The summed E-state index contributed by atoms with van der Waals surface area (Å²) < 4.78 is 10.7. The van der Waals surface area contributed by atoms with Gasteiger partial charge < -0.3 is 19.3 Å². The van der Waals surface area contributed by atoms with Crippen molar-refractivity contribution in [2.45, 2.75) is 32.4 Å². The summed E-state index contributed by atoms with van der Waals surface area (Å²) in [5.41, 5.74) is 0.0789. The number of amides is 1. The van der Waals surface area contributed by atoms with Crippen molar-refractivity contribution in [2.75, 3.05) is 26.7 Å². The second-order valence-electron chi connectivity index (χ2n) is 7.10. The SMILES string of the molecule is C=C(OC(C)(C)C)N1CCN(C(=O)c2ccc(Cl)cc2)[C@@H](C(=O)OC)C1. The third-order valence-electron chi connectivity index (χ3n) is 3.98. The van der Waals surface area contributed by atoms with Crippen molar-refractivity contribution in [2.24, 2.45) is 0 Å². The summed E-state index contributed by atoms with van der Waals surface area (Å²) in [6, 6.07) is 5.85. The van der Waals surface area contributed by atoms with E-state index in [4.69, 9.17) is 21.1 Å². The van der Waals surface area contributed by atoms with Crippen molar-refractivity contribution >= 4 is 23.5 Å². The summed E-state index contributed by atoms with van der Waals surface area (Å²) >= 11 is 5.88. The first-order chi connectivity index (χ1) is 12.1. The number of carbonyl (C=O) groups excluding carboxylic acids is 2. The molecule has 1 amide bonds. The van der Waals surface area contributed by atoms with Gasteiger partial charge >= 0.3 is 5.97 Å². The maximum atomic E-state index is 12.9. The molecule has 2 rings (SSSR count). The first kappa shape index (κ1) is 20.1. The first-order valence-electron chi connectivity index (χ1n) is 8.39. The molecule has 142 valence electrons. The molecule has 1 aliphatic heterocycles. The van der Waals surface area contributed by atoms with Crippen LogP contribution in [0.25, 0.3) is 0 Å². The number of methoxy groups -OCH3 is 1. The average molecular weight is 381 g/mol. The Morgan fingerprint density at radius 3 is 2.35 bits per heavy atom. The summed E-state index contributed by atoms with van der Waals surface area (Å²) in [6.07, 6.45) is 0. The number of hydrogen-bond donors (Lipinski definition) is 0. The molecular weight excluding hydrogens is 356 g/mol. The summed E-state index contributed by atoms with van der Waals surface area (Å²) in [7, 11) is 1.31. The molecule has 1 heterocycles. The van der Waals surface area contributed by atoms with Crippen LogP contribution in [0.1, 0.15) is 31.1 Å². The van der Waals surface area contributed by atoms with Crippen molar-refractivity contribution in [1.29, 1.82) is 0 Å². The Kier molecular flexibility index (Phi) is 6.18. The summed E-state index contributed by atoms with van der Waals surface area (Å²) in [4.78, 5) is 28.5. The van der Waals surface area contributed by atoms with Gasteiger partial charge in [0, 0.05) is 23.7 Å². The standard InChI is InChI=1S/C19H25ClN2O4/c1-13(26-19(2,3)4)21-10-11-22(16(12-21)18(24)25-5)17(23)14-6-8-15(20)9-7-14/h6-9,16H,1,10-12H2,2-5H3/t16-/m1/s1. The largest absolute Gasteiger partial charge is 0.474 e. The van der Waals surface area contributed by atoms with Gasteiger partial charge in [0.1, 0.15) is 11.6 Å². The number of nitrogens with zero attached hydrogens (tertiary/aromatic N) is 2. The van der Waals surface area contributed by atoms with Crippen LogP contribution in [0, 0.1) is 0 Å². The molecule has 7 heteroatoms.